The molecule has 122 valence electrons. The van der Waals surface area contributed by atoms with Crippen molar-refractivity contribution in [2.45, 2.75) is 58.3 Å². The van der Waals surface area contributed by atoms with Crippen LogP contribution in [-0.4, -0.2) is 45.2 Å². The zero-order valence-electron chi connectivity index (χ0n) is 13.6. The Morgan fingerprint density at radius 1 is 0.762 bits per heavy atom. The van der Waals surface area contributed by atoms with E-state index in [1.54, 1.807) is 0 Å². The van der Waals surface area contributed by atoms with E-state index in [0.717, 1.165) is 13.0 Å². The van der Waals surface area contributed by atoms with Crippen LogP contribution >= 0.6 is 0 Å². The Morgan fingerprint density at radius 3 is 1.76 bits per heavy atom. The average molecular weight is 332 g/mol. The van der Waals surface area contributed by atoms with Gasteiger partial charge in [0.25, 0.3) is 0 Å². The first-order valence-corrected chi connectivity index (χ1v) is 9.23. The van der Waals surface area contributed by atoms with Crippen LogP contribution in [0.4, 0.5) is 0 Å². The molecule has 0 N–H and O–H groups in total. The van der Waals surface area contributed by atoms with Gasteiger partial charge in [0.05, 0.1) is 35.7 Å². The Kier molecular flexibility index (Phi) is 19.7. The molecule has 0 radical (unpaired) electrons. The Labute approximate surface area is 152 Å². The molecule has 0 aromatic carbocycles. The van der Waals surface area contributed by atoms with E-state index in [9.17, 15) is 13.0 Å². The SMILES string of the molecule is CCCCCCCCCCOCCOCCS(=O)(=O)[O-].[Na+]. The summed E-state index contributed by atoms with van der Waals surface area (Å²) in [5.74, 6) is -0.467. The Hall–Kier alpha value is 0.830. The predicted octanol–water partition coefficient (Wildman–Crippen LogP) is -0.290. The molecule has 0 heterocycles. The maximum atomic E-state index is 10.3. The first kappa shape index (κ1) is 24.1. The van der Waals surface area contributed by atoms with Gasteiger partial charge in [-0.2, -0.15) is 0 Å². The van der Waals surface area contributed by atoms with E-state index in [4.69, 9.17) is 9.47 Å². The quantitative estimate of drug-likeness (QED) is 0.234. The van der Waals surface area contributed by atoms with Crippen LogP contribution in [0.15, 0.2) is 0 Å². The second-order valence-corrected chi connectivity index (χ2v) is 6.49. The number of hydrogen-bond acceptors (Lipinski definition) is 5. The van der Waals surface area contributed by atoms with Crippen LogP contribution in [0.5, 0.6) is 0 Å². The third kappa shape index (κ3) is 23.2. The van der Waals surface area contributed by atoms with Gasteiger partial charge in [0, 0.05) is 6.61 Å². The Morgan fingerprint density at radius 2 is 1.24 bits per heavy atom. The standard InChI is InChI=1S/C14H30O5S.Na/c1-2-3-4-5-6-7-8-9-10-18-11-12-19-13-14-20(15,16)17;/h2-14H2,1H3,(H,15,16,17);/q;+1/p-1. The molecule has 0 saturated carbocycles. The largest absolute Gasteiger partial charge is 1.00 e. The van der Waals surface area contributed by atoms with Gasteiger partial charge in [-0.05, 0) is 6.42 Å². The zero-order chi connectivity index (χ0) is 15.1. The second-order valence-electron chi connectivity index (χ2n) is 4.96. The molecule has 5 nitrogen and oxygen atoms in total. The topological polar surface area (TPSA) is 75.7 Å². The summed E-state index contributed by atoms with van der Waals surface area (Å²) in [5, 5.41) is 0. The molecule has 0 rings (SSSR count). The summed E-state index contributed by atoms with van der Waals surface area (Å²) in [6.45, 7) is 3.69. The van der Waals surface area contributed by atoms with Gasteiger partial charge in [-0.1, -0.05) is 51.9 Å². The van der Waals surface area contributed by atoms with Crippen LogP contribution in [0.25, 0.3) is 0 Å². The number of unbranched alkanes of at least 4 members (excludes halogenated alkanes) is 7. The summed E-state index contributed by atoms with van der Waals surface area (Å²) >= 11 is 0. The van der Waals surface area contributed by atoms with Crippen molar-refractivity contribution in [2.24, 2.45) is 0 Å². The number of ether oxygens (including phenoxy) is 2. The molecule has 0 aromatic rings. The molecule has 7 heteroatoms. The molecule has 0 aliphatic carbocycles. The van der Waals surface area contributed by atoms with E-state index < -0.39 is 15.9 Å². The monoisotopic (exact) mass is 332 g/mol. The number of hydrogen-bond donors (Lipinski definition) is 0. The van der Waals surface area contributed by atoms with Crippen LogP contribution in [0.2, 0.25) is 0 Å². The van der Waals surface area contributed by atoms with Gasteiger partial charge >= 0.3 is 29.6 Å². The van der Waals surface area contributed by atoms with Gasteiger partial charge in [-0.3, -0.25) is 0 Å². The molecular formula is C14H29NaO5S. The van der Waals surface area contributed by atoms with Crippen molar-refractivity contribution >= 4 is 10.1 Å². The van der Waals surface area contributed by atoms with Gasteiger partial charge in [0.15, 0.2) is 0 Å². The molecule has 0 amide bonds. The van der Waals surface area contributed by atoms with Crippen molar-refractivity contribution in [3.8, 4) is 0 Å². The van der Waals surface area contributed by atoms with Crippen LogP contribution in [0.3, 0.4) is 0 Å². The van der Waals surface area contributed by atoms with Crippen molar-refractivity contribution in [3.63, 3.8) is 0 Å². The fourth-order valence-electron chi connectivity index (χ4n) is 1.82. The van der Waals surface area contributed by atoms with Gasteiger partial charge in [-0.15, -0.1) is 0 Å². The molecule has 0 aliphatic rings. The molecule has 0 fully saturated rings. The molecule has 0 atom stereocenters. The molecule has 21 heavy (non-hydrogen) atoms. The van der Waals surface area contributed by atoms with Gasteiger partial charge in [0.1, 0.15) is 0 Å². The van der Waals surface area contributed by atoms with Gasteiger partial charge in [-0.25, -0.2) is 8.42 Å². The maximum absolute atomic E-state index is 10.3. The van der Waals surface area contributed by atoms with Gasteiger partial charge in [0.2, 0.25) is 0 Å². The van der Waals surface area contributed by atoms with E-state index in [1.807, 2.05) is 0 Å². The molecule has 0 aliphatic heterocycles. The fourth-order valence-corrected chi connectivity index (χ4v) is 2.14. The Bertz CT molecular complexity index is 296. The maximum Gasteiger partial charge on any atom is 1.00 e. The van der Waals surface area contributed by atoms with E-state index in [0.29, 0.717) is 13.2 Å². The number of rotatable bonds is 15. The van der Waals surface area contributed by atoms with E-state index in [2.05, 4.69) is 6.92 Å². The minimum atomic E-state index is -4.16. The molecule has 0 spiro atoms. The van der Waals surface area contributed by atoms with E-state index in [1.165, 1.54) is 44.9 Å². The zero-order valence-corrected chi connectivity index (χ0v) is 16.5. The van der Waals surface area contributed by atoms with Crippen molar-refractivity contribution in [3.05, 3.63) is 0 Å². The molecular weight excluding hydrogens is 303 g/mol. The third-order valence-electron chi connectivity index (χ3n) is 2.99. The average Bonchev–Trinajstić information content (AvgIpc) is 2.38. The fraction of sp³-hybridized carbons (Fsp3) is 1.00. The van der Waals surface area contributed by atoms with Gasteiger partial charge < -0.3 is 14.0 Å². The molecule has 0 saturated heterocycles. The second kappa shape index (κ2) is 17.2. The van der Waals surface area contributed by atoms with Crippen LogP contribution < -0.4 is 29.6 Å². The van der Waals surface area contributed by atoms with Crippen molar-refractivity contribution in [1.29, 1.82) is 0 Å². The Balaban J connectivity index is 0. The minimum Gasteiger partial charge on any atom is -0.748 e. The summed E-state index contributed by atoms with van der Waals surface area (Å²) < 4.78 is 41.2. The summed E-state index contributed by atoms with van der Waals surface area (Å²) in [7, 11) is -4.16. The normalized spacial score (nSPS) is 11.3. The van der Waals surface area contributed by atoms with E-state index in [-0.39, 0.29) is 36.2 Å². The summed E-state index contributed by atoms with van der Waals surface area (Å²) in [4.78, 5) is 0. The predicted molar refractivity (Wildman–Crippen MR) is 78.8 cm³/mol. The molecule has 0 bridgehead atoms. The van der Waals surface area contributed by atoms with Crippen molar-refractivity contribution in [2.75, 3.05) is 32.2 Å². The van der Waals surface area contributed by atoms with Crippen molar-refractivity contribution in [1.82, 2.24) is 0 Å². The minimum absolute atomic E-state index is 0. The summed E-state index contributed by atoms with van der Waals surface area (Å²) in [6, 6.07) is 0. The summed E-state index contributed by atoms with van der Waals surface area (Å²) in [6.07, 6.45) is 10.2. The van der Waals surface area contributed by atoms with Crippen LogP contribution in [0, 0.1) is 0 Å². The van der Waals surface area contributed by atoms with E-state index >= 15 is 0 Å². The van der Waals surface area contributed by atoms with Crippen molar-refractivity contribution < 1.29 is 52.0 Å². The molecule has 0 unspecified atom stereocenters. The molecule has 0 aromatic heterocycles. The van der Waals surface area contributed by atoms with Crippen LogP contribution in [0.1, 0.15) is 58.3 Å². The first-order chi connectivity index (χ1) is 9.56. The smallest absolute Gasteiger partial charge is 0.748 e. The third-order valence-corrected chi connectivity index (χ3v) is 3.66. The first-order valence-electron chi connectivity index (χ1n) is 7.65. The summed E-state index contributed by atoms with van der Waals surface area (Å²) in [5.41, 5.74) is 0. The van der Waals surface area contributed by atoms with Crippen LogP contribution in [-0.2, 0) is 19.6 Å².